The molecular formula is C8H15N3O. The highest BCUT2D eigenvalue weighted by molar-refractivity contribution is 5.75. The first-order chi connectivity index (χ1) is 5.75. The number of nitrogens with two attached hydrogens (primary N) is 1. The minimum atomic E-state index is -0.206. The number of nitrogens with one attached hydrogen (secondary N) is 1. The Hall–Kier alpha value is -0.610. The Morgan fingerprint density at radius 1 is 1.42 bits per heavy atom. The van der Waals surface area contributed by atoms with Crippen LogP contribution in [0, 0.1) is 11.8 Å². The summed E-state index contributed by atoms with van der Waals surface area (Å²) in [5.74, 6) is 1.30. The van der Waals surface area contributed by atoms with Gasteiger partial charge in [-0.3, -0.25) is 9.69 Å². The van der Waals surface area contributed by atoms with Crippen molar-refractivity contribution in [3.8, 4) is 0 Å². The van der Waals surface area contributed by atoms with Gasteiger partial charge in [0.05, 0.1) is 6.54 Å². The van der Waals surface area contributed by atoms with Crippen molar-refractivity contribution < 1.29 is 4.79 Å². The van der Waals surface area contributed by atoms with E-state index in [4.69, 9.17) is 5.73 Å². The fourth-order valence-corrected chi connectivity index (χ4v) is 2.30. The molecule has 0 aliphatic carbocycles. The molecule has 1 amide bonds. The molecule has 2 saturated heterocycles. The number of fused-ring (bicyclic) bond motifs is 1. The number of likely N-dealkylation sites (tertiary alicyclic amines) is 1. The van der Waals surface area contributed by atoms with Crippen LogP contribution in [0.5, 0.6) is 0 Å². The van der Waals surface area contributed by atoms with Crippen LogP contribution in [0.2, 0.25) is 0 Å². The molecule has 2 atom stereocenters. The fourth-order valence-electron chi connectivity index (χ4n) is 2.30. The van der Waals surface area contributed by atoms with Crippen molar-refractivity contribution in [3.63, 3.8) is 0 Å². The third-order valence-electron chi connectivity index (χ3n) is 2.84. The molecule has 2 aliphatic rings. The summed E-state index contributed by atoms with van der Waals surface area (Å²) in [7, 11) is 0. The molecule has 2 rings (SSSR count). The summed E-state index contributed by atoms with van der Waals surface area (Å²) >= 11 is 0. The smallest absolute Gasteiger partial charge is 0.231 e. The van der Waals surface area contributed by atoms with Gasteiger partial charge in [-0.25, -0.2) is 0 Å². The van der Waals surface area contributed by atoms with Gasteiger partial charge in [0.25, 0.3) is 0 Å². The second-order valence-electron chi connectivity index (χ2n) is 3.84. The van der Waals surface area contributed by atoms with Crippen molar-refractivity contribution in [2.24, 2.45) is 17.6 Å². The predicted molar refractivity (Wildman–Crippen MR) is 45.5 cm³/mol. The quantitative estimate of drug-likeness (QED) is 0.536. The molecule has 0 aromatic heterocycles. The molecular weight excluding hydrogens is 154 g/mol. The lowest BCUT2D eigenvalue weighted by molar-refractivity contribution is -0.118. The summed E-state index contributed by atoms with van der Waals surface area (Å²) in [6, 6.07) is 0. The van der Waals surface area contributed by atoms with Crippen LogP contribution in [-0.2, 0) is 4.79 Å². The maximum Gasteiger partial charge on any atom is 0.231 e. The molecule has 2 unspecified atom stereocenters. The van der Waals surface area contributed by atoms with Crippen molar-refractivity contribution in [1.29, 1.82) is 0 Å². The summed E-state index contributed by atoms with van der Waals surface area (Å²) in [4.78, 5) is 12.8. The molecule has 0 radical (unpaired) electrons. The Labute approximate surface area is 72.1 Å². The number of rotatable bonds is 2. The monoisotopic (exact) mass is 169 g/mol. The second kappa shape index (κ2) is 3.03. The third-order valence-corrected chi connectivity index (χ3v) is 2.84. The van der Waals surface area contributed by atoms with E-state index in [-0.39, 0.29) is 5.91 Å². The Morgan fingerprint density at radius 2 is 2.00 bits per heavy atom. The first-order valence-electron chi connectivity index (χ1n) is 4.47. The van der Waals surface area contributed by atoms with Crippen molar-refractivity contribution in [1.82, 2.24) is 10.2 Å². The van der Waals surface area contributed by atoms with Crippen LogP contribution in [0.15, 0.2) is 0 Å². The van der Waals surface area contributed by atoms with Gasteiger partial charge in [-0.1, -0.05) is 0 Å². The highest BCUT2D eigenvalue weighted by Crippen LogP contribution is 2.25. The number of carbonyl (C=O) groups is 1. The summed E-state index contributed by atoms with van der Waals surface area (Å²) in [6.45, 7) is 4.74. The zero-order valence-corrected chi connectivity index (χ0v) is 7.12. The fraction of sp³-hybridized carbons (Fsp3) is 0.875. The number of amides is 1. The van der Waals surface area contributed by atoms with Gasteiger partial charge in [-0.15, -0.1) is 0 Å². The first-order valence-corrected chi connectivity index (χ1v) is 4.47. The van der Waals surface area contributed by atoms with E-state index in [1.54, 1.807) is 0 Å². The Bertz CT molecular complexity index is 183. The van der Waals surface area contributed by atoms with Gasteiger partial charge in [0.1, 0.15) is 0 Å². The van der Waals surface area contributed by atoms with Gasteiger partial charge in [0.2, 0.25) is 5.91 Å². The van der Waals surface area contributed by atoms with Crippen LogP contribution in [-0.4, -0.2) is 43.5 Å². The number of primary amides is 1. The van der Waals surface area contributed by atoms with E-state index in [1.165, 1.54) is 0 Å². The van der Waals surface area contributed by atoms with E-state index in [1.807, 2.05) is 0 Å². The standard InChI is InChI=1S/C8H15N3O/c9-8(12)5-11-3-6-1-10-2-7(6)4-11/h6-7,10H,1-5H2,(H2,9,12). The Balaban J connectivity index is 1.86. The average molecular weight is 169 g/mol. The van der Waals surface area contributed by atoms with Gasteiger partial charge >= 0.3 is 0 Å². The van der Waals surface area contributed by atoms with Crippen LogP contribution in [0.25, 0.3) is 0 Å². The topological polar surface area (TPSA) is 58.4 Å². The number of nitrogens with zero attached hydrogens (tertiary/aromatic N) is 1. The van der Waals surface area contributed by atoms with Crippen LogP contribution in [0.4, 0.5) is 0 Å². The van der Waals surface area contributed by atoms with E-state index in [0.717, 1.165) is 38.0 Å². The van der Waals surface area contributed by atoms with Gasteiger partial charge in [0.15, 0.2) is 0 Å². The maximum atomic E-state index is 10.6. The van der Waals surface area contributed by atoms with Gasteiger partial charge in [-0.05, 0) is 24.9 Å². The molecule has 0 bridgehead atoms. The van der Waals surface area contributed by atoms with Crippen molar-refractivity contribution >= 4 is 5.91 Å². The minimum Gasteiger partial charge on any atom is -0.369 e. The highest BCUT2D eigenvalue weighted by atomic mass is 16.1. The van der Waals surface area contributed by atoms with E-state index in [2.05, 4.69) is 10.2 Å². The lowest BCUT2D eigenvalue weighted by Gasteiger charge is -2.13. The number of carbonyl (C=O) groups excluding carboxylic acids is 1. The van der Waals surface area contributed by atoms with Crippen molar-refractivity contribution in [2.75, 3.05) is 32.7 Å². The SMILES string of the molecule is NC(=O)CN1CC2CNCC2C1. The van der Waals surface area contributed by atoms with E-state index in [0.29, 0.717) is 6.54 Å². The molecule has 2 aliphatic heterocycles. The molecule has 2 heterocycles. The molecule has 0 aromatic carbocycles. The van der Waals surface area contributed by atoms with Crippen molar-refractivity contribution in [3.05, 3.63) is 0 Å². The Morgan fingerprint density at radius 3 is 2.50 bits per heavy atom. The molecule has 0 saturated carbocycles. The third kappa shape index (κ3) is 1.44. The van der Waals surface area contributed by atoms with Crippen LogP contribution >= 0.6 is 0 Å². The van der Waals surface area contributed by atoms with Gasteiger partial charge in [-0.2, -0.15) is 0 Å². The molecule has 0 spiro atoms. The van der Waals surface area contributed by atoms with Gasteiger partial charge < -0.3 is 11.1 Å². The lowest BCUT2D eigenvalue weighted by Crippen LogP contribution is -2.34. The lowest BCUT2D eigenvalue weighted by atomic mass is 10.0. The molecule has 4 nitrogen and oxygen atoms in total. The molecule has 0 aromatic rings. The normalized spacial score (nSPS) is 35.3. The molecule has 2 fully saturated rings. The largest absolute Gasteiger partial charge is 0.369 e. The summed E-state index contributed by atoms with van der Waals surface area (Å²) in [5, 5.41) is 3.36. The minimum absolute atomic E-state index is 0.206. The first kappa shape index (κ1) is 8.01. The summed E-state index contributed by atoms with van der Waals surface area (Å²) in [6.07, 6.45) is 0. The van der Waals surface area contributed by atoms with Crippen molar-refractivity contribution in [2.45, 2.75) is 0 Å². The predicted octanol–water partition coefficient (Wildman–Crippen LogP) is -1.38. The van der Waals surface area contributed by atoms with E-state index < -0.39 is 0 Å². The highest BCUT2D eigenvalue weighted by Gasteiger charge is 2.36. The zero-order valence-electron chi connectivity index (χ0n) is 7.12. The Kier molecular flexibility index (Phi) is 2.02. The summed E-state index contributed by atoms with van der Waals surface area (Å²) in [5.41, 5.74) is 5.13. The molecule has 12 heavy (non-hydrogen) atoms. The number of hydrogen-bond donors (Lipinski definition) is 2. The van der Waals surface area contributed by atoms with Gasteiger partial charge in [0, 0.05) is 13.1 Å². The zero-order chi connectivity index (χ0) is 8.55. The van der Waals surface area contributed by atoms with Crippen LogP contribution < -0.4 is 11.1 Å². The number of hydrogen-bond acceptors (Lipinski definition) is 3. The average Bonchev–Trinajstić information content (AvgIpc) is 2.43. The van der Waals surface area contributed by atoms with E-state index >= 15 is 0 Å². The molecule has 3 N–H and O–H groups in total. The molecule has 4 heteroatoms. The molecule has 68 valence electrons. The van der Waals surface area contributed by atoms with Crippen LogP contribution in [0.1, 0.15) is 0 Å². The maximum absolute atomic E-state index is 10.6. The summed E-state index contributed by atoms with van der Waals surface area (Å²) < 4.78 is 0. The van der Waals surface area contributed by atoms with Crippen LogP contribution in [0.3, 0.4) is 0 Å². The second-order valence-corrected chi connectivity index (χ2v) is 3.84. The van der Waals surface area contributed by atoms with E-state index in [9.17, 15) is 4.79 Å².